The first-order valence-electron chi connectivity index (χ1n) is 5.20. The molecule has 0 radical (unpaired) electrons. The van der Waals surface area contributed by atoms with E-state index in [0.29, 0.717) is 18.5 Å². The van der Waals surface area contributed by atoms with E-state index in [4.69, 9.17) is 12.2 Å². The van der Waals surface area contributed by atoms with Crippen LogP contribution in [0.3, 0.4) is 0 Å². The minimum Gasteiger partial charge on any atom is -0.349 e. The number of rotatable bonds is 4. The molecule has 0 heterocycles. The maximum absolute atomic E-state index is 11.7. The summed E-state index contributed by atoms with van der Waals surface area (Å²) in [6.07, 6.45) is 5.70. The summed E-state index contributed by atoms with van der Waals surface area (Å²) in [6.45, 7) is 2.36. The SMILES string of the molecule is C#CCC(C)NC(=O)c1ccc(CN)cc1. The van der Waals surface area contributed by atoms with E-state index in [-0.39, 0.29) is 11.9 Å². The molecule has 1 aromatic carbocycles. The highest BCUT2D eigenvalue weighted by atomic mass is 16.1. The topological polar surface area (TPSA) is 55.1 Å². The van der Waals surface area contributed by atoms with Crippen molar-refractivity contribution in [2.75, 3.05) is 0 Å². The quantitative estimate of drug-likeness (QED) is 0.745. The monoisotopic (exact) mass is 216 g/mol. The summed E-state index contributed by atoms with van der Waals surface area (Å²) in [7, 11) is 0. The number of hydrogen-bond donors (Lipinski definition) is 2. The van der Waals surface area contributed by atoms with Crippen LogP contribution in [-0.4, -0.2) is 11.9 Å². The maximum Gasteiger partial charge on any atom is 0.251 e. The van der Waals surface area contributed by atoms with Crippen LogP contribution in [0.2, 0.25) is 0 Å². The molecule has 84 valence electrons. The largest absolute Gasteiger partial charge is 0.349 e. The van der Waals surface area contributed by atoms with Crippen molar-refractivity contribution in [3.05, 3.63) is 35.4 Å². The number of nitrogens with one attached hydrogen (secondary N) is 1. The van der Waals surface area contributed by atoms with Crippen LogP contribution in [0.25, 0.3) is 0 Å². The fourth-order valence-electron chi connectivity index (χ4n) is 1.33. The van der Waals surface area contributed by atoms with E-state index in [1.165, 1.54) is 0 Å². The summed E-state index contributed by atoms with van der Waals surface area (Å²) in [4.78, 5) is 11.7. The van der Waals surface area contributed by atoms with Gasteiger partial charge in [0.1, 0.15) is 0 Å². The van der Waals surface area contributed by atoms with Crippen LogP contribution in [0.1, 0.15) is 29.3 Å². The Morgan fingerprint density at radius 1 is 1.50 bits per heavy atom. The Hall–Kier alpha value is -1.79. The van der Waals surface area contributed by atoms with Gasteiger partial charge < -0.3 is 11.1 Å². The molecular weight excluding hydrogens is 200 g/mol. The molecule has 0 bridgehead atoms. The van der Waals surface area contributed by atoms with Crippen molar-refractivity contribution in [3.63, 3.8) is 0 Å². The van der Waals surface area contributed by atoms with E-state index < -0.39 is 0 Å². The first kappa shape index (κ1) is 12.3. The Balaban J connectivity index is 2.63. The normalized spacial score (nSPS) is 11.6. The lowest BCUT2D eigenvalue weighted by Gasteiger charge is -2.10. The molecule has 0 aliphatic carbocycles. The van der Waals surface area contributed by atoms with Gasteiger partial charge in [0.05, 0.1) is 0 Å². The lowest BCUT2D eigenvalue weighted by molar-refractivity contribution is 0.0941. The summed E-state index contributed by atoms with van der Waals surface area (Å²) in [5.74, 6) is 2.41. The standard InChI is InChI=1S/C13H16N2O/c1-3-4-10(2)15-13(16)12-7-5-11(9-14)6-8-12/h1,5-8,10H,4,9,14H2,2H3,(H,15,16). The number of benzene rings is 1. The van der Waals surface area contributed by atoms with Gasteiger partial charge in [0.25, 0.3) is 5.91 Å². The first-order valence-corrected chi connectivity index (χ1v) is 5.20. The molecule has 0 saturated heterocycles. The molecule has 3 heteroatoms. The molecule has 0 aliphatic rings. The number of nitrogens with two attached hydrogens (primary N) is 1. The fraction of sp³-hybridized carbons (Fsp3) is 0.308. The van der Waals surface area contributed by atoms with Gasteiger partial charge in [-0.15, -0.1) is 12.3 Å². The minimum absolute atomic E-state index is 0.00770. The molecule has 16 heavy (non-hydrogen) atoms. The van der Waals surface area contributed by atoms with Crippen molar-refractivity contribution in [1.29, 1.82) is 0 Å². The summed E-state index contributed by atoms with van der Waals surface area (Å²) in [5.41, 5.74) is 7.11. The molecular formula is C13H16N2O. The number of terminal acetylenes is 1. The Bertz CT molecular complexity index is 389. The summed E-state index contributed by atoms with van der Waals surface area (Å²) < 4.78 is 0. The third-order valence-corrected chi connectivity index (χ3v) is 2.25. The third kappa shape index (κ3) is 3.41. The van der Waals surface area contributed by atoms with Crippen LogP contribution in [0.15, 0.2) is 24.3 Å². The second kappa shape index (κ2) is 5.94. The zero-order valence-electron chi connectivity index (χ0n) is 9.36. The molecule has 1 unspecified atom stereocenters. The second-order valence-corrected chi connectivity index (χ2v) is 3.68. The Morgan fingerprint density at radius 2 is 2.12 bits per heavy atom. The average molecular weight is 216 g/mol. The molecule has 0 aliphatic heterocycles. The Morgan fingerprint density at radius 3 is 2.62 bits per heavy atom. The van der Waals surface area contributed by atoms with Gasteiger partial charge in [-0.2, -0.15) is 0 Å². The van der Waals surface area contributed by atoms with Crippen LogP contribution in [0.5, 0.6) is 0 Å². The lowest BCUT2D eigenvalue weighted by Crippen LogP contribution is -2.32. The van der Waals surface area contributed by atoms with Crippen LogP contribution in [0, 0.1) is 12.3 Å². The summed E-state index contributed by atoms with van der Waals surface area (Å²) in [6, 6.07) is 7.22. The molecule has 1 atom stereocenters. The molecule has 1 aromatic rings. The predicted molar refractivity (Wildman–Crippen MR) is 64.7 cm³/mol. The van der Waals surface area contributed by atoms with Crippen molar-refractivity contribution < 1.29 is 4.79 Å². The number of carbonyl (C=O) groups excluding carboxylic acids is 1. The number of hydrogen-bond acceptors (Lipinski definition) is 2. The van der Waals surface area contributed by atoms with E-state index in [0.717, 1.165) is 5.56 Å². The molecule has 3 nitrogen and oxygen atoms in total. The Labute approximate surface area is 96.0 Å². The van der Waals surface area contributed by atoms with Gasteiger partial charge in [0.2, 0.25) is 0 Å². The highest BCUT2D eigenvalue weighted by Gasteiger charge is 2.08. The Kier molecular flexibility index (Phi) is 4.56. The second-order valence-electron chi connectivity index (χ2n) is 3.68. The van der Waals surface area contributed by atoms with Gasteiger partial charge in [0.15, 0.2) is 0 Å². The number of carbonyl (C=O) groups is 1. The van der Waals surface area contributed by atoms with Gasteiger partial charge in [-0.25, -0.2) is 0 Å². The van der Waals surface area contributed by atoms with Crippen molar-refractivity contribution in [2.45, 2.75) is 25.9 Å². The minimum atomic E-state index is -0.105. The zero-order chi connectivity index (χ0) is 12.0. The van der Waals surface area contributed by atoms with E-state index in [1.807, 2.05) is 19.1 Å². The molecule has 1 rings (SSSR count). The fourth-order valence-corrected chi connectivity index (χ4v) is 1.33. The average Bonchev–Trinajstić information content (AvgIpc) is 2.29. The molecule has 1 amide bonds. The van der Waals surface area contributed by atoms with Crippen molar-refractivity contribution in [3.8, 4) is 12.3 Å². The maximum atomic E-state index is 11.7. The first-order chi connectivity index (χ1) is 7.67. The third-order valence-electron chi connectivity index (χ3n) is 2.25. The summed E-state index contributed by atoms with van der Waals surface area (Å²) >= 11 is 0. The highest BCUT2D eigenvalue weighted by Crippen LogP contribution is 2.04. The van der Waals surface area contributed by atoms with Gasteiger partial charge in [-0.1, -0.05) is 12.1 Å². The lowest BCUT2D eigenvalue weighted by atomic mass is 10.1. The smallest absolute Gasteiger partial charge is 0.251 e. The van der Waals surface area contributed by atoms with Gasteiger partial charge >= 0.3 is 0 Å². The van der Waals surface area contributed by atoms with Crippen molar-refractivity contribution >= 4 is 5.91 Å². The van der Waals surface area contributed by atoms with Crippen LogP contribution < -0.4 is 11.1 Å². The predicted octanol–water partition coefficient (Wildman–Crippen LogP) is 1.29. The van der Waals surface area contributed by atoms with Gasteiger partial charge in [-0.05, 0) is 24.6 Å². The molecule has 0 aromatic heterocycles. The molecule has 0 spiro atoms. The van der Waals surface area contributed by atoms with Gasteiger partial charge in [0, 0.05) is 24.6 Å². The number of amides is 1. The summed E-state index contributed by atoms with van der Waals surface area (Å²) in [5, 5.41) is 2.82. The van der Waals surface area contributed by atoms with E-state index in [1.54, 1.807) is 12.1 Å². The van der Waals surface area contributed by atoms with Crippen molar-refractivity contribution in [1.82, 2.24) is 5.32 Å². The molecule has 3 N–H and O–H groups in total. The van der Waals surface area contributed by atoms with Crippen LogP contribution in [0.4, 0.5) is 0 Å². The van der Waals surface area contributed by atoms with Gasteiger partial charge in [-0.3, -0.25) is 4.79 Å². The highest BCUT2D eigenvalue weighted by molar-refractivity contribution is 5.94. The van der Waals surface area contributed by atoms with Crippen LogP contribution in [-0.2, 0) is 6.54 Å². The molecule has 0 fully saturated rings. The zero-order valence-corrected chi connectivity index (χ0v) is 9.36. The van der Waals surface area contributed by atoms with Crippen LogP contribution >= 0.6 is 0 Å². The van der Waals surface area contributed by atoms with E-state index in [9.17, 15) is 4.79 Å². The van der Waals surface area contributed by atoms with E-state index in [2.05, 4.69) is 11.2 Å². The van der Waals surface area contributed by atoms with E-state index >= 15 is 0 Å². The molecule has 0 saturated carbocycles. The van der Waals surface area contributed by atoms with Crippen molar-refractivity contribution in [2.24, 2.45) is 5.73 Å².